The Kier molecular flexibility index (Phi) is 14.4. The van der Waals surface area contributed by atoms with Crippen molar-refractivity contribution < 1.29 is 9.47 Å². The van der Waals surface area contributed by atoms with Gasteiger partial charge in [-0.05, 0) is 43.0 Å². The van der Waals surface area contributed by atoms with Crippen LogP contribution in [0.1, 0.15) is 122 Å². The number of hydrogen-bond acceptors (Lipinski definition) is 4. The van der Waals surface area contributed by atoms with E-state index in [2.05, 4.69) is 16.9 Å². The smallest absolute Gasteiger partial charge is 0.159 e. The second-order valence-electron chi connectivity index (χ2n) is 10.6. The molecule has 0 unspecified atom stereocenters. The first-order chi connectivity index (χ1) is 17.8. The van der Waals surface area contributed by atoms with Crippen molar-refractivity contribution in [3.63, 3.8) is 0 Å². The number of benzene rings is 1. The van der Waals surface area contributed by atoms with Crippen molar-refractivity contribution in [1.82, 2.24) is 9.97 Å². The first kappa shape index (κ1) is 28.5. The maximum Gasteiger partial charge on any atom is 0.159 e. The summed E-state index contributed by atoms with van der Waals surface area (Å²) >= 11 is 0. The van der Waals surface area contributed by atoms with Crippen molar-refractivity contribution in [3.05, 3.63) is 36.7 Å². The van der Waals surface area contributed by atoms with Gasteiger partial charge in [-0.2, -0.15) is 0 Å². The third-order valence-corrected chi connectivity index (χ3v) is 7.51. The molecule has 0 atom stereocenters. The molecule has 4 heteroatoms. The van der Waals surface area contributed by atoms with E-state index in [1.165, 1.54) is 103 Å². The maximum atomic E-state index is 5.90. The molecule has 1 aromatic heterocycles. The predicted molar refractivity (Wildman–Crippen MR) is 151 cm³/mol. The minimum absolute atomic E-state index is 0.721. The van der Waals surface area contributed by atoms with E-state index in [9.17, 15) is 0 Å². The summed E-state index contributed by atoms with van der Waals surface area (Å²) in [5, 5.41) is 0. The molecule has 0 aliphatic heterocycles. The van der Waals surface area contributed by atoms with Crippen molar-refractivity contribution in [2.75, 3.05) is 13.2 Å². The quantitative estimate of drug-likeness (QED) is 0.172. The van der Waals surface area contributed by atoms with Crippen LogP contribution in [0.15, 0.2) is 36.7 Å². The predicted octanol–water partition coefficient (Wildman–Crippen LogP) is 9.57. The molecule has 1 heterocycles. The molecule has 0 bridgehead atoms. The molecule has 1 aliphatic carbocycles. The van der Waals surface area contributed by atoms with Crippen LogP contribution in [-0.2, 0) is 0 Å². The minimum Gasteiger partial charge on any atom is -0.494 e. The third kappa shape index (κ3) is 11.8. The van der Waals surface area contributed by atoms with E-state index < -0.39 is 0 Å². The standard InChI is InChI=1S/C32H50N2O2/c1-2-3-4-5-7-10-15-24-35-30-22-20-29(21-23-30)32-33-26-31(27-34-32)36-25-16-11-8-6-9-12-17-28-18-13-14-19-28/h20-23,26-28H,2-19,24-25H2,1H3. The van der Waals surface area contributed by atoms with Crippen LogP contribution in [0.5, 0.6) is 11.5 Å². The van der Waals surface area contributed by atoms with Gasteiger partial charge in [0.05, 0.1) is 25.6 Å². The fourth-order valence-corrected chi connectivity index (χ4v) is 5.22. The molecule has 36 heavy (non-hydrogen) atoms. The van der Waals surface area contributed by atoms with E-state index in [0.29, 0.717) is 0 Å². The summed E-state index contributed by atoms with van der Waals surface area (Å²) in [6.07, 6.45) is 27.9. The summed E-state index contributed by atoms with van der Waals surface area (Å²) in [6, 6.07) is 8.09. The molecule has 2 aromatic rings. The lowest BCUT2D eigenvalue weighted by Gasteiger charge is -2.09. The van der Waals surface area contributed by atoms with Gasteiger partial charge in [0.1, 0.15) is 5.75 Å². The van der Waals surface area contributed by atoms with Gasteiger partial charge in [-0.1, -0.05) is 110 Å². The van der Waals surface area contributed by atoms with Crippen LogP contribution < -0.4 is 9.47 Å². The van der Waals surface area contributed by atoms with Crippen LogP contribution in [0.25, 0.3) is 11.4 Å². The van der Waals surface area contributed by atoms with Gasteiger partial charge in [0, 0.05) is 5.56 Å². The van der Waals surface area contributed by atoms with Gasteiger partial charge < -0.3 is 9.47 Å². The lowest BCUT2D eigenvalue weighted by atomic mass is 9.99. The minimum atomic E-state index is 0.721. The van der Waals surface area contributed by atoms with E-state index in [0.717, 1.165) is 54.9 Å². The molecule has 0 amide bonds. The van der Waals surface area contributed by atoms with Gasteiger partial charge in [0.2, 0.25) is 0 Å². The Labute approximate surface area is 220 Å². The lowest BCUT2D eigenvalue weighted by molar-refractivity contribution is 0.302. The highest BCUT2D eigenvalue weighted by Gasteiger charge is 2.13. The fourth-order valence-electron chi connectivity index (χ4n) is 5.22. The molecular weight excluding hydrogens is 444 g/mol. The SMILES string of the molecule is CCCCCCCCCOc1ccc(-c2ncc(OCCCCCCCCC3CCCC3)cn2)cc1. The Hall–Kier alpha value is -2.10. The number of nitrogens with zero attached hydrogens (tertiary/aromatic N) is 2. The summed E-state index contributed by atoms with van der Waals surface area (Å²) < 4.78 is 11.8. The van der Waals surface area contributed by atoms with Gasteiger partial charge in [0.15, 0.2) is 11.6 Å². The highest BCUT2D eigenvalue weighted by Crippen LogP contribution is 2.29. The van der Waals surface area contributed by atoms with Crippen molar-refractivity contribution in [2.45, 2.75) is 122 Å². The number of hydrogen-bond donors (Lipinski definition) is 0. The van der Waals surface area contributed by atoms with Crippen LogP contribution in [0, 0.1) is 5.92 Å². The fraction of sp³-hybridized carbons (Fsp3) is 0.688. The maximum absolute atomic E-state index is 5.90. The zero-order chi connectivity index (χ0) is 25.1. The van der Waals surface area contributed by atoms with Crippen molar-refractivity contribution in [1.29, 1.82) is 0 Å². The Balaban J connectivity index is 1.21. The van der Waals surface area contributed by atoms with Crippen molar-refractivity contribution >= 4 is 0 Å². The molecule has 200 valence electrons. The van der Waals surface area contributed by atoms with E-state index in [1.54, 1.807) is 12.4 Å². The summed E-state index contributed by atoms with van der Waals surface area (Å²) in [7, 11) is 0. The Morgan fingerprint density at radius 1 is 0.639 bits per heavy atom. The highest BCUT2D eigenvalue weighted by molar-refractivity contribution is 5.56. The van der Waals surface area contributed by atoms with Gasteiger partial charge in [0.25, 0.3) is 0 Å². The summed E-state index contributed by atoms with van der Waals surface area (Å²) in [4.78, 5) is 9.00. The second kappa shape index (κ2) is 18.2. The van der Waals surface area contributed by atoms with E-state index >= 15 is 0 Å². The van der Waals surface area contributed by atoms with E-state index in [4.69, 9.17) is 9.47 Å². The first-order valence-corrected chi connectivity index (χ1v) is 15.0. The highest BCUT2D eigenvalue weighted by atomic mass is 16.5. The number of unbranched alkanes of at least 4 members (excludes halogenated alkanes) is 11. The lowest BCUT2D eigenvalue weighted by Crippen LogP contribution is -1.99. The van der Waals surface area contributed by atoms with Crippen molar-refractivity contribution in [3.8, 4) is 22.9 Å². The molecule has 3 rings (SSSR count). The zero-order valence-corrected chi connectivity index (χ0v) is 22.9. The Bertz CT molecular complexity index is 785. The zero-order valence-electron chi connectivity index (χ0n) is 22.9. The summed E-state index contributed by atoms with van der Waals surface area (Å²) in [5.74, 6) is 3.44. The molecule has 1 saturated carbocycles. The number of rotatable bonds is 20. The molecule has 1 aliphatic rings. The second-order valence-corrected chi connectivity index (χ2v) is 10.6. The molecule has 0 saturated heterocycles. The first-order valence-electron chi connectivity index (χ1n) is 15.0. The monoisotopic (exact) mass is 494 g/mol. The van der Waals surface area contributed by atoms with Crippen LogP contribution >= 0.6 is 0 Å². The van der Waals surface area contributed by atoms with Gasteiger partial charge in [-0.25, -0.2) is 9.97 Å². The topological polar surface area (TPSA) is 44.2 Å². The van der Waals surface area contributed by atoms with Crippen molar-refractivity contribution in [2.24, 2.45) is 5.92 Å². The van der Waals surface area contributed by atoms with Gasteiger partial charge in [-0.3, -0.25) is 0 Å². The molecule has 0 spiro atoms. The molecule has 4 nitrogen and oxygen atoms in total. The third-order valence-electron chi connectivity index (χ3n) is 7.51. The average molecular weight is 495 g/mol. The van der Waals surface area contributed by atoms with Gasteiger partial charge in [-0.15, -0.1) is 0 Å². The number of aromatic nitrogens is 2. The van der Waals surface area contributed by atoms with Crippen LogP contribution in [0.3, 0.4) is 0 Å². The molecule has 0 N–H and O–H groups in total. The average Bonchev–Trinajstić information content (AvgIpc) is 3.44. The summed E-state index contributed by atoms with van der Waals surface area (Å²) in [6.45, 7) is 3.79. The molecule has 1 aromatic carbocycles. The largest absolute Gasteiger partial charge is 0.494 e. The van der Waals surface area contributed by atoms with E-state index in [1.807, 2.05) is 24.3 Å². The van der Waals surface area contributed by atoms with Crippen LogP contribution in [-0.4, -0.2) is 23.2 Å². The Morgan fingerprint density at radius 3 is 1.78 bits per heavy atom. The summed E-state index contributed by atoms with van der Waals surface area (Å²) in [5.41, 5.74) is 0.998. The van der Waals surface area contributed by atoms with Crippen LogP contribution in [0.4, 0.5) is 0 Å². The molecule has 0 radical (unpaired) electrons. The normalized spacial score (nSPS) is 13.8. The Morgan fingerprint density at radius 2 is 1.17 bits per heavy atom. The molecular formula is C32H50N2O2. The van der Waals surface area contributed by atoms with Crippen LogP contribution in [0.2, 0.25) is 0 Å². The van der Waals surface area contributed by atoms with E-state index in [-0.39, 0.29) is 0 Å². The molecule has 1 fully saturated rings. The van der Waals surface area contributed by atoms with Gasteiger partial charge >= 0.3 is 0 Å². The number of ether oxygens (including phenoxy) is 2.